The maximum absolute atomic E-state index is 13.3. The Morgan fingerprint density at radius 3 is 2.31 bits per heavy atom. The number of carbonyl (C=O) groups is 1. The molecule has 1 N–H and O–H groups in total. The minimum Gasteiger partial charge on any atom is -0.352 e. The van der Waals surface area contributed by atoms with Gasteiger partial charge in [0.15, 0.2) is 0 Å². The average molecular weight is 573 g/mol. The molecule has 0 radical (unpaired) electrons. The summed E-state index contributed by atoms with van der Waals surface area (Å²) in [5.74, 6) is -0.991. The van der Waals surface area contributed by atoms with Crippen LogP contribution in [0.3, 0.4) is 0 Å². The fraction of sp³-hybridized carbons (Fsp3) is 0.188. The Bertz CT molecular complexity index is 1720. The van der Waals surface area contributed by atoms with E-state index in [-0.39, 0.29) is 24.6 Å². The van der Waals surface area contributed by atoms with Gasteiger partial charge in [-0.2, -0.15) is 13.2 Å². The summed E-state index contributed by atoms with van der Waals surface area (Å²) in [6, 6.07) is 20.8. The highest BCUT2D eigenvalue weighted by molar-refractivity contribution is 5.88. The van der Waals surface area contributed by atoms with Crippen LogP contribution in [0.5, 0.6) is 0 Å². The Kier molecular flexibility index (Phi) is 8.06. The second-order valence-corrected chi connectivity index (χ2v) is 10.2. The topological polar surface area (TPSA) is 90.1 Å². The molecule has 1 atom stereocenters. The molecule has 5 rings (SSSR count). The van der Waals surface area contributed by atoms with Crippen molar-refractivity contribution in [1.82, 2.24) is 14.9 Å². The van der Waals surface area contributed by atoms with Crippen LogP contribution in [0.4, 0.5) is 18.9 Å². The van der Waals surface area contributed by atoms with E-state index in [2.05, 4.69) is 10.3 Å². The number of nitrogens with zero attached hydrogens (tertiary/aromatic N) is 3. The minimum atomic E-state index is -4.51. The van der Waals surface area contributed by atoms with Crippen LogP contribution < -0.4 is 5.32 Å². The van der Waals surface area contributed by atoms with Gasteiger partial charge in [0, 0.05) is 67.1 Å². The summed E-state index contributed by atoms with van der Waals surface area (Å²) < 4.78 is 42.0. The zero-order chi connectivity index (χ0) is 29.9. The molecule has 10 heteroatoms. The van der Waals surface area contributed by atoms with Crippen molar-refractivity contribution in [3.8, 4) is 0 Å². The first-order chi connectivity index (χ1) is 20.1. The van der Waals surface area contributed by atoms with Crippen molar-refractivity contribution in [3.05, 3.63) is 141 Å². The molecule has 0 spiro atoms. The van der Waals surface area contributed by atoms with Gasteiger partial charge < -0.3 is 9.88 Å². The van der Waals surface area contributed by atoms with Crippen LogP contribution >= 0.6 is 0 Å². The van der Waals surface area contributed by atoms with E-state index in [0.717, 1.165) is 28.8 Å². The van der Waals surface area contributed by atoms with Crippen LogP contribution in [0, 0.1) is 17.0 Å². The molecule has 3 aromatic carbocycles. The van der Waals surface area contributed by atoms with E-state index in [0.29, 0.717) is 28.6 Å². The summed E-state index contributed by atoms with van der Waals surface area (Å²) in [5.41, 5.74) is 3.84. The molecule has 0 unspecified atom stereocenters. The summed E-state index contributed by atoms with van der Waals surface area (Å²) in [6.07, 6.45) is 0.473. The standard InChI is InChI=1S/C32H27F3N4O3/c1-21-2-4-23(5-3-21)19-38-20-29(28-16-26(39(41)42)10-11-30(28)38)27(24-6-8-25(9-7-24)32(33,34)35)17-31(40)37-18-22-12-14-36-15-13-22/h2-16,20,27H,17-19H2,1H3,(H,37,40)/t27-/m0/s1. The summed E-state index contributed by atoms with van der Waals surface area (Å²) >= 11 is 0. The van der Waals surface area contributed by atoms with Gasteiger partial charge in [-0.3, -0.25) is 19.9 Å². The van der Waals surface area contributed by atoms with Crippen molar-refractivity contribution >= 4 is 22.5 Å². The second-order valence-electron chi connectivity index (χ2n) is 10.2. The van der Waals surface area contributed by atoms with Gasteiger partial charge in [0.2, 0.25) is 5.91 Å². The van der Waals surface area contributed by atoms with Crippen molar-refractivity contribution in [3.63, 3.8) is 0 Å². The first-order valence-electron chi connectivity index (χ1n) is 13.2. The number of hydrogen-bond donors (Lipinski definition) is 1. The molecule has 2 heterocycles. The normalized spacial score (nSPS) is 12.3. The van der Waals surface area contributed by atoms with E-state index in [4.69, 9.17) is 0 Å². The van der Waals surface area contributed by atoms with E-state index in [1.165, 1.54) is 24.3 Å². The molecular formula is C32H27F3N4O3. The van der Waals surface area contributed by atoms with Gasteiger partial charge in [-0.1, -0.05) is 42.0 Å². The smallest absolute Gasteiger partial charge is 0.352 e. The van der Waals surface area contributed by atoms with E-state index < -0.39 is 22.6 Å². The molecule has 2 aromatic heterocycles. The number of aromatic nitrogens is 2. The largest absolute Gasteiger partial charge is 0.416 e. The summed E-state index contributed by atoms with van der Waals surface area (Å²) in [5, 5.41) is 15.1. The van der Waals surface area contributed by atoms with Gasteiger partial charge >= 0.3 is 6.18 Å². The first-order valence-corrected chi connectivity index (χ1v) is 13.2. The third-order valence-electron chi connectivity index (χ3n) is 7.22. The van der Waals surface area contributed by atoms with Gasteiger partial charge in [-0.25, -0.2) is 0 Å². The quantitative estimate of drug-likeness (QED) is 0.150. The number of aryl methyl sites for hydroxylation is 1. The Hall–Kier alpha value is -4.99. The van der Waals surface area contributed by atoms with Gasteiger partial charge in [0.25, 0.3) is 5.69 Å². The number of alkyl halides is 3. The van der Waals surface area contributed by atoms with Crippen molar-refractivity contribution in [2.24, 2.45) is 0 Å². The zero-order valence-corrected chi connectivity index (χ0v) is 22.6. The van der Waals surface area contributed by atoms with E-state index in [9.17, 15) is 28.1 Å². The number of rotatable bonds is 9. The molecule has 214 valence electrons. The van der Waals surface area contributed by atoms with Crippen LogP contribution in [0.1, 0.15) is 45.7 Å². The molecule has 0 bridgehead atoms. The number of halogens is 3. The molecule has 0 aliphatic heterocycles. The number of nitro benzene ring substituents is 1. The lowest BCUT2D eigenvalue weighted by Gasteiger charge is -2.18. The summed E-state index contributed by atoms with van der Waals surface area (Å²) in [4.78, 5) is 28.4. The van der Waals surface area contributed by atoms with E-state index in [1.54, 1.807) is 30.6 Å². The van der Waals surface area contributed by atoms with Crippen LogP contribution in [-0.2, 0) is 24.1 Å². The third kappa shape index (κ3) is 6.49. The second kappa shape index (κ2) is 11.9. The van der Waals surface area contributed by atoms with Crippen LogP contribution in [0.2, 0.25) is 0 Å². The fourth-order valence-corrected chi connectivity index (χ4v) is 5.00. The highest BCUT2D eigenvalue weighted by Crippen LogP contribution is 2.38. The Morgan fingerprint density at radius 1 is 0.976 bits per heavy atom. The lowest BCUT2D eigenvalue weighted by atomic mass is 9.87. The molecule has 0 aliphatic rings. The highest BCUT2D eigenvalue weighted by Gasteiger charge is 2.31. The molecule has 1 amide bonds. The fourth-order valence-electron chi connectivity index (χ4n) is 5.00. The van der Waals surface area contributed by atoms with Crippen molar-refractivity contribution < 1.29 is 22.9 Å². The zero-order valence-electron chi connectivity index (χ0n) is 22.6. The molecule has 0 saturated heterocycles. The number of pyridine rings is 1. The number of non-ortho nitro benzene ring substituents is 1. The summed E-state index contributed by atoms with van der Waals surface area (Å²) in [7, 11) is 0. The average Bonchev–Trinajstić information content (AvgIpc) is 3.33. The Labute approximate surface area is 239 Å². The molecule has 0 aliphatic carbocycles. The molecule has 5 aromatic rings. The van der Waals surface area contributed by atoms with Gasteiger partial charge in [0.05, 0.1) is 10.5 Å². The number of nitro groups is 1. The number of amides is 1. The first kappa shape index (κ1) is 28.5. The lowest BCUT2D eigenvalue weighted by molar-refractivity contribution is -0.384. The predicted octanol–water partition coefficient (Wildman–Crippen LogP) is 7.16. The number of benzene rings is 3. The lowest BCUT2D eigenvalue weighted by Crippen LogP contribution is -2.25. The number of hydrogen-bond acceptors (Lipinski definition) is 4. The van der Waals surface area contributed by atoms with Crippen molar-refractivity contribution in [2.45, 2.75) is 38.5 Å². The number of nitrogens with one attached hydrogen (secondary N) is 1. The van der Waals surface area contributed by atoms with Crippen molar-refractivity contribution in [2.75, 3.05) is 0 Å². The summed E-state index contributed by atoms with van der Waals surface area (Å²) in [6.45, 7) is 2.70. The van der Waals surface area contributed by atoms with Crippen molar-refractivity contribution in [1.29, 1.82) is 0 Å². The maximum Gasteiger partial charge on any atom is 0.416 e. The van der Waals surface area contributed by atoms with Gasteiger partial charge in [0.1, 0.15) is 0 Å². The SMILES string of the molecule is Cc1ccc(Cn2cc([C@@H](CC(=O)NCc3ccncc3)c3ccc(C(F)(F)F)cc3)c3cc([N+](=O)[O-])ccc32)cc1. The number of carbonyl (C=O) groups excluding carboxylic acids is 1. The maximum atomic E-state index is 13.3. The van der Waals surface area contributed by atoms with Crippen LogP contribution in [0.25, 0.3) is 10.9 Å². The molecular weight excluding hydrogens is 545 g/mol. The molecule has 0 fully saturated rings. The molecule has 0 saturated carbocycles. The minimum absolute atomic E-state index is 0.0806. The van der Waals surface area contributed by atoms with Gasteiger partial charge in [-0.05, 0) is 59.5 Å². The Balaban J connectivity index is 1.58. The number of fused-ring (bicyclic) bond motifs is 1. The molecule has 42 heavy (non-hydrogen) atoms. The van der Waals surface area contributed by atoms with Crippen LogP contribution in [0.15, 0.2) is 97.5 Å². The van der Waals surface area contributed by atoms with Gasteiger partial charge in [-0.15, -0.1) is 0 Å². The van der Waals surface area contributed by atoms with E-state index >= 15 is 0 Å². The molecule has 7 nitrogen and oxygen atoms in total. The Morgan fingerprint density at radius 2 is 1.67 bits per heavy atom. The van der Waals surface area contributed by atoms with Crippen LogP contribution in [-0.4, -0.2) is 20.4 Å². The predicted molar refractivity (Wildman–Crippen MR) is 153 cm³/mol. The third-order valence-corrected chi connectivity index (χ3v) is 7.22. The van der Waals surface area contributed by atoms with E-state index in [1.807, 2.05) is 42.0 Å². The monoisotopic (exact) mass is 572 g/mol. The highest BCUT2D eigenvalue weighted by atomic mass is 19.4.